The van der Waals surface area contributed by atoms with Crippen molar-refractivity contribution >= 4 is 5.78 Å². The second-order valence-corrected chi connectivity index (χ2v) is 3.82. The van der Waals surface area contributed by atoms with E-state index in [1.165, 1.54) is 11.1 Å². The molecule has 0 N–H and O–H groups in total. The molecular weight excluding hydrogens is 160 g/mol. The number of rotatable bonds is 1. The zero-order chi connectivity index (χ0) is 9.26. The molecule has 0 heterocycles. The molecule has 0 unspecified atom stereocenters. The van der Waals surface area contributed by atoms with Crippen LogP contribution in [0.3, 0.4) is 0 Å². The molecule has 1 aliphatic rings. The number of carbonyl (C=O) groups excluding carboxylic acids is 1. The molecule has 13 heavy (non-hydrogen) atoms. The molecule has 0 aromatic heterocycles. The second-order valence-electron chi connectivity index (χ2n) is 3.82. The Bertz CT molecular complexity index is 310. The fourth-order valence-corrected chi connectivity index (χ4v) is 1.97. The Kier molecular flexibility index (Phi) is 2.17. The van der Waals surface area contributed by atoms with Crippen molar-refractivity contribution in [2.75, 3.05) is 0 Å². The molecule has 0 radical (unpaired) electrons. The van der Waals surface area contributed by atoms with Crippen molar-refractivity contribution in [3.05, 3.63) is 35.4 Å². The van der Waals surface area contributed by atoms with E-state index < -0.39 is 0 Å². The zero-order valence-electron chi connectivity index (χ0n) is 7.92. The molecule has 0 saturated heterocycles. The molecule has 0 amide bonds. The summed E-state index contributed by atoms with van der Waals surface area (Å²) in [5.74, 6) is 0.615. The maximum Gasteiger partial charge on any atom is 0.140 e. The van der Waals surface area contributed by atoms with Crippen LogP contribution in [0.1, 0.15) is 36.3 Å². The van der Waals surface area contributed by atoms with E-state index >= 15 is 0 Å². The van der Waals surface area contributed by atoms with E-state index in [1.54, 1.807) is 0 Å². The maximum atomic E-state index is 11.5. The lowest BCUT2D eigenvalue weighted by atomic mass is 9.96. The van der Waals surface area contributed by atoms with Crippen LogP contribution in [0.5, 0.6) is 0 Å². The number of benzene rings is 1. The molecule has 1 saturated carbocycles. The van der Waals surface area contributed by atoms with Crippen LogP contribution in [0.4, 0.5) is 0 Å². The van der Waals surface area contributed by atoms with Crippen LogP contribution in [0.25, 0.3) is 0 Å². The number of ketones is 1. The molecule has 1 aromatic carbocycles. The summed E-state index contributed by atoms with van der Waals surface area (Å²) in [5.41, 5.74) is 2.46. The fourth-order valence-electron chi connectivity index (χ4n) is 1.97. The summed E-state index contributed by atoms with van der Waals surface area (Å²) in [4.78, 5) is 11.5. The summed E-state index contributed by atoms with van der Waals surface area (Å²) >= 11 is 0. The zero-order valence-corrected chi connectivity index (χ0v) is 7.92. The van der Waals surface area contributed by atoms with Crippen molar-refractivity contribution in [3.8, 4) is 0 Å². The van der Waals surface area contributed by atoms with Gasteiger partial charge in [0, 0.05) is 12.3 Å². The van der Waals surface area contributed by atoms with Crippen molar-refractivity contribution in [3.63, 3.8) is 0 Å². The third-order valence-electron chi connectivity index (χ3n) is 2.78. The minimum Gasteiger partial charge on any atom is -0.299 e. The van der Waals surface area contributed by atoms with Gasteiger partial charge in [0.15, 0.2) is 0 Å². The smallest absolute Gasteiger partial charge is 0.140 e. The monoisotopic (exact) mass is 174 g/mol. The highest BCUT2D eigenvalue weighted by Gasteiger charge is 2.25. The van der Waals surface area contributed by atoms with Crippen molar-refractivity contribution in [2.45, 2.75) is 32.1 Å². The first-order valence-corrected chi connectivity index (χ1v) is 4.86. The van der Waals surface area contributed by atoms with E-state index in [4.69, 9.17) is 0 Å². The summed E-state index contributed by atoms with van der Waals surface area (Å²) in [7, 11) is 0. The standard InChI is InChI=1S/C12H14O/c1-9-5-7-10(8-6-9)11-3-2-4-12(11)13/h5-8,11H,2-4H2,1H3/t11-/m0/s1. The van der Waals surface area contributed by atoms with Crippen molar-refractivity contribution < 1.29 is 4.79 Å². The van der Waals surface area contributed by atoms with Gasteiger partial charge in [0.25, 0.3) is 0 Å². The van der Waals surface area contributed by atoms with Crippen LogP contribution in [0.15, 0.2) is 24.3 Å². The van der Waals surface area contributed by atoms with Gasteiger partial charge >= 0.3 is 0 Å². The quantitative estimate of drug-likeness (QED) is 0.639. The van der Waals surface area contributed by atoms with E-state index in [9.17, 15) is 4.79 Å². The molecule has 68 valence electrons. The second kappa shape index (κ2) is 3.33. The number of aryl methyl sites for hydroxylation is 1. The van der Waals surface area contributed by atoms with Gasteiger partial charge in [-0.2, -0.15) is 0 Å². The molecule has 1 aliphatic carbocycles. The number of hydrogen-bond acceptors (Lipinski definition) is 1. The first-order chi connectivity index (χ1) is 6.27. The number of carbonyl (C=O) groups is 1. The highest BCUT2D eigenvalue weighted by atomic mass is 16.1. The summed E-state index contributed by atoms with van der Waals surface area (Å²) in [6, 6.07) is 8.34. The van der Waals surface area contributed by atoms with Gasteiger partial charge < -0.3 is 0 Å². The van der Waals surface area contributed by atoms with Gasteiger partial charge in [0.05, 0.1) is 0 Å². The Labute approximate surface area is 78.8 Å². The Balaban J connectivity index is 2.25. The van der Waals surface area contributed by atoms with Crippen LogP contribution in [0.2, 0.25) is 0 Å². The minimum atomic E-state index is 0.195. The summed E-state index contributed by atoms with van der Waals surface area (Å²) in [5, 5.41) is 0. The van der Waals surface area contributed by atoms with Gasteiger partial charge in [-0.25, -0.2) is 0 Å². The fraction of sp³-hybridized carbons (Fsp3) is 0.417. The van der Waals surface area contributed by atoms with Crippen LogP contribution in [0, 0.1) is 6.92 Å². The van der Waals surface area contributed by atoms with Crippen LogP contribution in [-0.4, -0.2) is 5.78 Å². The largest absolute Gasteiger partial charge is 0.299 e. The van der Waals surface area contributed by atoms with E-state index in [0.717, 1.165) is 19.3 Å². The summed E-state index contributed by atoms with van der Waals surface area (Å²) < 4.78 is 0. The number of hydrogen-bond donors (Lipinski definition) is 0. The molecule has 1 atom stereocenters. The normalized spacial score (nSPS) is 22.2. The Hall–Kier alpha value is -1.11. The van der Waals surface area contributed by atoms with Crippen molar-refractivity contribution in [1.82, 2.24) is 0 Å². The molecule has 2 rings (SSSR count). The predicted octanol–water partition coefficient (Wildman–Crippen LogP) is 2.83. The Morgan fingerprint density at radius 2 is 1.92 bits per heavy atom. The molecule has 1 heteroatoms. The van der Waals surface area contributed by atoms with Crippen molar-refractivity contribution in [2.24, 2.45) is 0 Å². The lowest BCUT2D eigenvalue weighted by Crippen LogP contribution is -2.03. The Morgan fingerprint density at radius 3 is 2.46 bits per heavy atom. The predicted molar refractivity (Wildman–Crippen MR) is 52.8 cm³/mol. The molecule has 1 fully saturated rings. The van der Waals surface area contributed by atoms with Crippen LogP contribution >= 0.6 is 0 Å². The first-order valence-electron chi connectivity index (χ1n) is 4.86. The van der Waals surface area contributed by atoms with Gasteiger partial charge in [-0.05, 0) is 25.3 Å². The highest BCUT2D eigenvalue weighted by molar-refractivity contribution is 5.87. The SMILES string of the molecule is Cc1ccc([C@@H]2CCCC2=O)cc1. The third-order valence-corrected chi connectivity index (χ3v) is 2.78. The minimum absolute atomic E-state index is 0.195. The van der Waals surface area contributed by atoms with E-state index in [0.29, 0.717) is 5.78 Å². The van der Waals surface area contributed by atoms with Crippen LogP contribution in [-0.2, 0) is 4.79 Å². The molecule has 1 aromatic rings. The lowest BCUT2D eigenvalue weighted by molar-refractivity contribution is -0.118. The van der Waals surface area contributed by atoms with Gasteiger partial charge in [0.2, 0.25) is 0 Å². The third kappa shape index (κ3) is 1.64. The highest BCUT2D eigenvalue weighted by Crippen LogP contribution is 2.30. The molecule has 0 bridgehead atoms. The van der Waals surface area contributed by atoms with E-state index in [-0.39, 0.29) is 5.92 Å². The van der Waals surface area contributed by atoms with E-state index in [2.05, 4.69) is 31.2 Å². The lowest BCUT2D eigenvalue weighted by Gasteiger charge is -2.07. The Morgan fingerprint density at radius 1 is 1.23 bits per heavy atom. The summed E-state index contributed by atoms with van der Waals surface area (Å²) in [6.07, 6.45) is 2.89. The van der Waals surface area contributed by atoms with Gasteiger partial charge in [-0.15, -0.1) is 0 Å². The van der Waals surface area contributed by atoms with Crippen LogP contribution < -0.4 is 0 Å². The topological polar surface area (TPSA) is 17.1 Å². The first kappa shape index (κ1) is 8.49. The van der Waals surface area contributed by atoms with Gasteiger partial charge in [0.1, 0.15) is 5.78 Å². The molecule has 0 aliphatic heterocycles. The van der Waals surface area contributed by atoms with Crippen molar-refractivity contribution in [1.29, 1.82) is 0 Å². The molecule has 1 nitrogen and oxygen atoms in total. The average molecular weight is 174 g/mol. The average Bonchev–Trinajstić information content (AvgIpc) is 2.53. The molecule has 0 spiro atoms. The van der Waals surface area contributed by atoms with Gasteiger partial charge in [-0.1, -0.05) is 29.8 Å². The molecular formula is C12H14O. The number of Topliss-reactive ketones (excluding diaryl/α,β-unsaturated/α-hetero) is 1. The summed E-state index contributed by atoms with van der Waals surface area (Å²) in [6.45, 7) is 2.07. The van der Waals surface area contributed by atoms with E-state index in [1.807, 2.05) is 0 Å². The van der Waals surface area contributed by atoms with Gasteiger partial charge in [-0.3, -0.25) is 4.79 Å². The maximum absolute atomic E-state index is 11.5.